The summed E-state index contributed by atoms with van der Waals surface area (Å²) < 4.78 is 21.0. The highest BCUT2D eigenvalue weighted by molar-refractivity contribution is 5.74. The summed E-state index contributed by atoms with van der Waals surface area (Å²) in [7, 11) is 2.83. The predicted molar refractivity (Wildman–Crippen MR) is 78.9 cm³/mol. The SMILES string of the molecule is COC(=O)[C@H](O)[C@H](C)OC(C)(C)CCCOC(C)(C)OC. The Hall–Kier alpha value is -0.690. The first-order chi connectivity index (χ1) is 9.54. The maximum atomic E-state index is 11.3. The lowest BCUT2D eigenvalue weighted by Crippen LogP contribution is -2.40. The summed E-state index contributed by atoms with van der Waals surface area (Å²) in [6, 6.07) is 0. The molecule has 0 rings (SSSR count). The number of esters is 1. The van der Waals surface area contributed by atoms with Crippen LogP contribution in [0.1, 0.15) is 47.5 Å². The number of carbonyl (C=O) groups excluding carboxylic acids is 1. The second kappa shape index (κ2) is 8.68. The maximum absolute atomic E-state index is 11.3. The average Bonchev–Trinajstić information content (AvgIpc) is 2.41. The van der Waals surface area contributed by atoms with Crippen molar-refractivity contribution >= 4 is 5.97 Å². The van der Waals surface area contributed by atoms with E-state index in [-0.39, 0.29) is 0 Å². The van der Waals surface area contributed by atoms with Crippen LogP contribution in [-0.4, -0.2) is 55.5 Å². The van der Waals surface area contributed by atoms with Gasteiger partial charge in [0.2, 0.25) is 0 Å². The van der Waals surface area contributed by atoms with Crippen molar-refractivity contribution in [1.29, 1.82) is 0 Å². The van der Waals surface area contributed by atoms with Crippen LogP contribution in [0.25, 0.3) is 0 Å². The predicted octanol–water partition coefficient (Wildman–Crippen LogP) is 1.88. The molecule has 126 valence electrons. The first kappa shape index (κ1) is 20.3. The zero-order chi connectivity index (χ0) is 16.7. The van der Waals surface area contributed by atoms with E-state index in [1.807, 2.05) is 27.7 Å². The van der Waals surface area contributed by atoms with E-state index >= 15 is 0 Å². The number of aliphatic hydroxyl groups excluding tert-OH is 1. The minimum Gasteiger partial charge on any atom is -0.467 e. The molecule has 1 N–H and O–H groups in total. The van der Waals surface area contributed by atoms with Crippen molar-refractivity contribution in [2.45, 2.75) is 71.1 Å². The van der Waals surface area contributed by atoms with E-state index in [1.165, 1.54) is 7.11 Å². The fourth-order valence-corrected chi connectivity index (χ4v) is 1.81. The standard InChI is InChI=1S/C15H30O6/c1-11(12(16)13(17)18-6)21-14(2,3)9-8-10-20-15(4,5)19-7/h11-12,16H,8-10H2,1-7H3/t11-,12+/m0/s1. The van der Waals surface area contributed by atoms with E-state index < -0.39 is 29.6 Å². The van der Waals surface area contributed by atoms with Crippen LogP contribution in [0.15, 0.2) is 0 Å². The van der Waals surface area contributed by atoms with E-state index in [0.717, 1.165) is 12.8 Å². The van der Waals surface area contributed by atoms with Gasteiger partial charge in [0, 0.05) is 7.11 Å². The van der Waals surface area contributed by atoms with E-state index in [1.54, 1.807) is 14.0 Å². The smallest absolute Gasteiger partial charge is 0.337 e. The van der Waals surface area contributed by atoms with Gasteiger partial charge in [-0.3, -0.25) is 0 Å². The molecule has 0 unspecified atom stereocenters. The summed E-state index contributed by atoms with van der Waals surface area (Å²) in [4.78, 5) is 11.3. The molecular formula is C15H30O6. The molecule has 0 aliphatic heterocycles. The van der Waals surface area contributed by atoms with Crippen molar-refractivity contribution in [1.82, 2.24) is 0 Å². The van der Waals surface area contributed by atoms with E-state index in [4.69, 9.17) is 14.2 Å². The minimum atomic E-state index is -1.28. The molecule has 0 spiro atoms. The molecule has 6 heteroatoms. The van der Waals surface area contributed by atoms with Crippen molar-refractivity contribution in [3.05, 3.63) is 0 Å². The number of rotatable bonds is 10. The Morgan fingerprint density at radius 1 is 1.19 bits per heavy atom. The number of hydrogen-bond acceptors (Lipinski definition) is 6. The number of aliphatic hydroxyl groups is 1. The third-order valence-corrected chi connectivity index (χ3v) is 3.26. The molecule has 0 heterocycles. The summed E-state index contributed by atoms with van der Waals surface area (Å²) in [5.41, 5.74) is -0.477. The van der Waals surface area contributed by atoms with Crippen LogP contribution >= 0.6 is 0 Å². The van der Waals surface area contributed by atoms with Gasteiger partial charge in [-0.05, 0) is 47.5 Å². The molecule has 0 amide bonds. The first-order valence-corrected chi connectivity index (χ1v) is 7.17. The Morgan fingerprint density at radius 3 is 2.24 bits per heavy atom. The molecule has 0 aliphatic rings. The Balaban J connectivity index is 4.16. The third kappa shape index (κ3) is 8.36. The van der Waals surface area contributed by atoms with Crippen molar-refractivity contribution < 1.29 is 28.8 Å². The fourth-order valence-electron chi connectivity index (χ4n) is 1.81. The van der Waals surface area contributed by atoms with Crippen molar-refractivity contribution in [3.8, 4) is 0 Å². The number of methoxy groups -OCH3 is 2. The molecule has 0 aromatic rings. The van der Waals surface area contributed by atoms with Gasteiger partial charge in [-0.1, -0.05) is 0 Å². The van der Waals surface area contributed by atoms with Crippen LogP contribution in [-0.2, 0) is 23.7 Å². The Kier molecular flexibility index (Phi) is 8.39. The highest BCUT2D eigenvalue weighted by Crippen LogP contribution is 2.21. The zero-order valence-corrected chi connectivity index (χ0v) is 14.3. The summed E-state index contributed by atoms with van der Waals surface area (Å²) in [5.74, 6) is -1.29. The fraction of sp³-hybridized carbons (Fsp3) is 0.933. The van der Waals surface area contributed by atoms with Crippen molar-refractivity contribution in [2.24, 2.45) is 0 Å². The quantitative estimate of drug-likeness (QED) is 0.377. The summed E-state index contributed by atoms with van der Waals surface area (Å²) in [5, 5.41) is 9.72. The van der Waals surface area contributed by atoms with Crippen LogP contribution in [0.3, 0.4) is 0 Å². The van der Waals surface area contributed by atoms with Gasteiger partial charge in [-0.15, -0.1) is 0 Å². The van der Waals surface area contributed by atoms with Gasteiger partial charge < -0.3 is 24.1 Å². The molecule has 0 aliphatic carbocycles. The lowest BCUT2D eigenvalue weighted by molar-refractivity contribution is -0.200. The molecule has 0 radical (unpaired) electrons. The van der Waals surface area contributed by atoms with Crippen LogP contribution < -0.4 is 0 Å². The highest BCUT2D eigenvalue weighted by atomic mass is 16.7. The third-order valence-electron chi connectivity index (χ3n) is 3.26. The zero-order valence-electron chi connectivity index (χ0n) is 14.3. The summed E-state index contributed by atoms with van der Waals surface area (Å²) >= 11 is 0. The van der Waals surface area contributed by atoms with Gasteiger partial charge in [-0.2, -0.15) is 0 Å². The van der Waals surface area contributed by atoms with Gasteiger partial charge in [0.1, 0.15) is 0 Å². The highest BCUT2D eigenvalue weighted by Gasteiger charge is 2.30. The van der Waals surface area contributed by atoms with Gasteiger partial charge in [0.15, 0.2) is 11.9 Å². The van der Waals surface area contributed by atoms with Crippen LogP contribution in [0.4, 0.5) is 0 Å². The lowest BCUT2D eigenvalue weighted by atomic mass is 10.0. The van der Waals surface area contributed by atoms with E-state index in [0.29, 0.717) is 6.61 Å². The Morgan fingerprint density at radius 2 is 1.76 bits per heavy atom. The molecule has 0 bridgehead atoms. The maximum Gasteiger partial charge on any atom is 0.337 e. The number of carbonyl (C=O) groups is 1. The second-order valence-corrected chi connectivity index (χ2v) is 6.11. The average molecular weight is 306 g/mol. The lowest BCUT2D eigenvalue weighted by Gasteiger charge is -2.31. The topological polar surface area (TPSA) is 74.2 Å². The summed E-state index contributed by atoms with van der Waals surface area (Å²) in [6.07, 6.45) is -0.409. The molecular weight excluding hydrogens is 276 g/mol. The molecule has 2 atom stereocenters. The monoisotopic (exact) mass is 306 g/mol. The molecule has 6 nitrogen and oxygen atoms in total. The molecule has 21 heavy (non-hydrogen) atoms. The molecule has 0 saturated heterocycles. The van der Waals surface area contributed by atoms with Crippen LogP contribution in [0.5, 0.6) is 0 Å². The van der Waals surface area contributed by atoms with Crippen LogP contribution in [0.2, 0.25) is 0 Å². The van der Waals surface area contributed by atoms with Gasteiger partial charge >= 0.3 is 5.97 Å². The minimum absolute atomic E-state index is 0.477. The normalized spacial score (nSPS) is 15.6. The Bertz CT molecular complexity index is 313. The Labute approximate surface area is 127 Å². The van der Waals surface area contributed by atoms with E-state index in [9.17, 15) is 9.90 Å². The largest absolute Gasteiger partial charge is 0.467 e. The van der Waals surface area contributed by atoms with Gasteiger partial charge in [0.25, 0.3) is 0 Å². The first-order valence-electron chi connectivity index (χ1n) is 7.17. The number of ether oxygens (including phenoxy) is 4. The molecule has 0 aromatic heterocycles. The molecule has 0 aromatic carbocycles. The number of hydrogen-bond donors (Lipinski definition) is 1. The van der Waals surface area contributed by atoms with Crippen molar-refractivity contribution in [2.75, 3.05) is 20.8 Å². The molecule has 0 fully saturated rings. The second-order valence-electron chi connectivity index (χ2n) is 6.11. The summed E-state index contributed by atoms with van der Waals surface area (Å²) in [6.45, 7) is 9.71. The van der Waals surface area contributed by atoms with E-state index in [2.05, 4.69) is 4.74 Å². The molecule has 0 saturated carbocycles. The van der Waals surface area contributed by atoms with Crippen LogP contribution in [0, 0.1) is 0 Å². The van der Waals surface area contributed by atoms with Gasteiger partial charge in [0.05, 0.1) is 25.4 Å². The van der Waals surface area contributed by atoms with Gasteiger partial charge in [-0.25, -0.2) is 4.79 Å². The van der Waals surface area contributed by atoms with Crippen molar-refractivity contribution in [3.63, 3.8) is 0 Å².